The van der Waals surface area contributed by atoms with Gasteiger partial charge in [0.2, 0.25) is 0 Å². The lowest BCUT2D eigenvalue weighted by atomic mass is 9.75. The Balaban J connectivity index is 2.39. The zero-order chi connectivity index (χ0) is 9.19. The molecule has 1 rings (SSSR count). The van der Waals surface area contributed by atoms with Crippen LogP contribution in [-0.2, 0) is 0 Å². The van der Waals surface area contributed by atoms with Gasteiger partial charge in [-0.3, -0.25) is 0 Å². The molecule has 0 saturated heterocycles. The third-order valence-electron chi connectivity index (χ3n) is 3.15. The van der Waals surface area contributed by atoms with Crippen LogP contribution < -0.4 is 0 Å². The van der Waals surface area contributed by atoms with Crippen LogP contribution in [0.15, 0.2) is 0 Å². The number of hydrogen-bond donors (Lipinski definition) is 1. The first-order valence-electron chi connectivity index (χ1n) is 4.86. The molecule has 12 heavy (non-hydrogen) atoms. The summed E-state index contributed by atoms with van der Waals surface area (Å²) < 4.78 is 0.898. The first-order valence-corrected chi connectivity index (χ1v) is 6.38. The van der Waals surface area contributed by atoms with Crippen molar-refractivity contribution < 1.29 is 5.11 Å². The van der Waals surface area contributed by atoms with E-state index in [1.54, 1.807) is 0 Å². The van der Waals surface area contributed by atoms with Crippen molar-refractivity contribution in [2.24, 2.45) is 11.8 Å². The first kappa shape index (κ1) is 10.8. The topological polar surface area (TPSA) is 20.2 Å². The van der Waals surface area contributed by atoms with Gasteiger partial charge in [0, 0.05) is 4.43 Å². The number of alkyl halides is 1. The van der Waals surface area contributed by atoms with Gasteiger partial charge in [-0.1, -0.05) is 36.4 Å². The summed E-state index contributed by atoms with van der Waals surface area (Å²) in [5.41, 5.74) is -0.327. The number of hydrogen-bond acceptors (Lipinski definition) is 1. The number of rotatable bonds is 2. The maximum atomic E-state index is 9.97. The van der Waals surface area contributed by atoms with Gasteiger partial charge in [0.15, 0.2) is 0 Å². The summed E-state index contributed by atoms with van der Waals surface area (Å²) in [7, 11) is 0. The van der Waals surface area contributed by atoms with Gasteiger partial charge < -0.3 is 5.11 Å². The lowest BCUT2D eigenvalue weighted by molar-refractivity contribution is 0.00846. The molecule has 0 aromatic heterocycles. The molecular weight excluding hydrogens is 263 g/mol. The molecule has 1 aliphatic rings. The molecule has 0 spiro atoms. The summed E-state index contributed by atoms with van der Waals surface area (Å²) in [5.74, 6) is 1.65. The zero-order valence-electron chi connectivity index (χ0n) is 8.02. The van der Waals surface area contributed by atoms with Crippen molar-refractivity contribution in [3.63, 3.8) is 0 Å². The molecule has 1 nitrogen and oxygen atoms in total. The molecule has 0 amide bonds. The normalized spacial score (nSPS) is 37.2. The Labute approximate surface area is 89.1 Å². The lowest BCUT2D eigenvalue weighted by Gasteiger charge is -2.36. The van der Waals surface area contributed by atoms with E-state index in [0.29, 0.717) is 0 Å². The smallest absolute Gasteiger partial charge is 0.0737 e. The molecule has 0 aliphatic heterocycles. The highest BCUT2D eigenvalue weighted by molar-refractivity contribution is 14.1. The van der Waals surface area contributed by atoms with Crippen LogP contribution in [0, 0.1) is 11.8 Å². The summed E-state index contributed by atoms with van der Waals surface area (Å²) in [6, 6.07) is 0. The minimum Gasteiger partial charge on any atom is -0.389 e. The molecule has 0 atom stereocenters. The Morgan fingerprint density at radius 2 is 1.92 bits per heavy atom. The molecule has 72 valence electrons. The maximum absolute atomic E-state index is 9.97. The maximum Gasteiger partial charge on any atom is 0.0737 e. The van der Waals surface area contributed by atoms with E-state index in [0.717, 1.165) is 29.1 Å². The highest BCUT2D eigenvalue weighted by Crippen LogP contribution is 2.36. The van der Waals surface area contributed by atoms with Gasteiger partial charge in [-0.25, -0.2) is 0 Å². The first-order chi connectivity index (χ1) is 5.57. The van der Waals surface area contributed by atoms with Gasteiger partial charge >= 0.3 is 0 Å². The highest BCUT2D eigenvalue weighted by atomic mass is 127. The monoisotopic (exact) mass is 282 g/mol. The quantitative estimate of drug-likeness (QED) is 0.610. The van der Waals surface area contributed by atoms with Gasteiger partial charge in [-0.05, 0) is 37.5 Å². The van der Waals surface area contributed by atoms with Crippen molar-refractivity contribution >= 4 is 22.6 Å². The molecular formula is C10H19IO. The molecule has 0 aromatic carbocycles. The summed E-state index contributed by atoms with van der Waals surface area (Å²) in [5, 5.41) is 9.97. The van der Waals surface area contributed by atoms with E-state index in [-0.39, 0.29) is 5.60 Å². The van der Waals surface area contributed by atoms with Crippen molar-refractivity contribution in [3.05, 3.63) is 0 Å². The van der Waals surface area contributed by atoms with E-state index in [1.807, 2.05) is 0 Å². The molecule has 0 unspecified atom stereocenters. The Morgan fingerprint density at radius 3 is 2.25 bits per heavy atom. The standard InChI is InChI=1S/C10H19IO/c1-8(2)9-3-5-10(12,7-11)6-4-9/h8-9,12H,3-7H2,1-2H3. The van der Waals surface area contributed by atoms with Crippen molar-refractivity contribution in [3.8, 4) is 0 Å². The Morgan fingerprint density at radius 1 is 1.42 bits per heavy atom. The van der Waals surface area contributed by atoms with Crippen LogP contribution in [0.3, 0.4) is 0 Å². The molecule has 1 fully saturated rings. The van der Waals surface area contributed by atoms with E-state index in [2.05, 4.69) is 36.4 Å². The largest absolute Gasteiger partial charge is 0.389 e. The third kappa shape index (κ3) is 2.59. The van der Waals surface area contributed by atoms with Crippen LogP contribution >= 0.6 is 22.6 Å². The van der Waals surface area contributed by atoms with Crippen LogP contribution in [-0.4, -0.2) is 15.1 Å². The van der Waals surface area contributed by atoms with Crippen LogP contribution in [0.1, 0.15) is 39.5 Å². The number of aliphatic hydroxyl groups is 1. The van der Waals surface area contributed by atoms with E-state index >= 15 is 0 Å². The molecule has 1 aliphatic carbocycles. The molecule has 0 bridgehead atoms. The predicted molar refractivity (Wildman–Crippen MR) is 60.6 cm³/mol. The van der Waals surface area contributed by atoms with Crippen LogP contribution in [0.4, 0.5) is 0 Å². The molecule has 0 radical (unpaired) electrons. The molecule has 2 heteroatoms. The van der Waals surface area contributed by atoms with E-state index in [4.69, 9.17) is 0 Å². The highest BCUT2D eigenvalue weighted by Gasteiger charge is 2.32. The summed E-state index contributed by atoms with van der Waals surface area (Å²) in [6.07, 6.45) is 4.46. The number of halogens is 1. The summed E-state index contributed by atoms with van der Waals surface area (Å²) in [6.45, 7) is 4.58. The second kappa shape index (κ2) is 4.27. The van der Waals surface area contributed by atoms with Crippen LogP contribution in [0.2, 0.25) is 0 Å². The fraction of sp³-hybridized carbons (Fsp3) is 1.00. The molecule has 1 N–H and O–H groups in total. The van der Waals surface area contributed by atoms with Gasteiger partial charge in [0.1, 0.15) is 0 Å². The van der Waals surface area contributed by atoms with Crippen molar-refractivity contribution in [1.82, 2.24) is 0 Å². The van der Waals surface area contributed by atoms with Crippen molar-refractivity contribution in [2.45, 2.75) is 45.1 Å². The molecule has 1 saturated carbocycles. The van der Waals surface area contributed by atoms with Gasteiger partial charge in [-0.2, -0.15) is 0 Å². The van der Waals surface area contributed by atoms with Gasteiger partial charge in [0.25, 0.3) is 0 Å². The van der Waals surface area contributed by atoms with E-state index < -0.39 is 0 Å². The average Bonchev–Trinajstić information content (AvgIpc) is 2.05. The minimum atomic E-state index is -0.327. The van der Waals surface area contributed by atoms with Crippen LogP contribution in [0.5, 0.6) is 0 Å². The third-order valence-corrected chi connectivity index (χ3v) is 4.57. The molecule has 0 aromatic rings. The van der Waals surface area contributed by atoms with Crippen molar-refractivity contribution in [1.29, 1.82) is 0 Å². The van der Waals surface area contributed by atoms with Crippen molar-refractivity contribution in [2.75, 3.05) is 4.43 Å². The Bertz CT molecular complexity index is 137. The average molecular weight is 282 g/mol. The fourth-order valence-electron chi connectivity index (χ4n) is 1.98. The predicted octanol–water partition coefficient (Wildman–Crippen LogP) is 3.00. The second-order valence-electron chi connectivity index (χ2n) is 4.44. The van der Waals surface area contributed by atoms with Gasteiger partial charge in [-0.15, -0.1) is 0 Å². The van der Waals surface area contributed by atoms with E-state index in [1.165, 1.54) is 12.8 Å². The summed E-state index contributed by atoms with van der Waals surface area (Å²) >= 11 is 2.30. The zero-order valence-corrected chi connectivity index (χ0v) is 10.2. The summed E-state index contributed by atoms with van der Waals surface area (Å²) in [4.78, 5) is 0. The minimum absolute atomic E-state index is 0.327. The lowest BCUT2D eigenvalue weighted by Crippen LogP contribution is -2.36. The van der Waals surface area contributed by atoms with Gasteiger partial charge in [0.05, 0.1) is 5.60 Å². The Hall–Kier alpha value is 0.690. The fourth-order valence-corrected chi connectivity index (χ4v) is 2.74. The van der Waals surface area contributed by atoms with Crippen LogP contribution in [0.25, 0.3) is 0 Å². The molecule has 0 heterocycles. The van der Waals surface area contributed by atoms with E-state index in [9.17, 15) is 5.11 Å². The Kier molecular flexibility index (Phi) is 3.83. The second-order valence-corrected chi connectivity index (χ2v) is 5.20. The SMILES string of the molecule is CC(C)C1CCC(O)(CI)CC1.